The Balaban J connectivity index is 2.52. The van der Waals surface area contributed by atoms with Gasteiger partial charge in [-0.15, -0.1) is 0 Å². The summed E-state index contributed by atoms with van der Waals surface area (Å²) in [5, 5.41) is 20.1. The van der Waals surface area contributed by atoms with Crippen LogP contribution in [0.25, 0.3) is 0 Å². The van der Waals surface area contributed by atoms with Crippen molar-refractivity contribution in [3.05, 3.63) is 34.4 Å². The Morgan fingerprint density at radius 3 is 2.38 bits per heavy atom. The molecular formula is C11H16N2O7S. The van der Waals surface area contributed by atoms with E-state index in [1.54, 1.807) is 0 Å². The fraction of sp³-hybridized carbons (Fsp3) is 0.455. The van der Waals surface area contributed by atoms with Crippen LogP contribution in [0.4, 0.5) is 5.69 Å². The molecule has 0 fully saturated rings. The number of hydrogen-bond donors (Lipinski definition) is 2. The molecule has 0 saturated carbocycles. The van der Waals surface area contributed by atoms with E-state index in [9.17, 15) is 23.6 Å². The van der Waals surface area contributed by atoms with Gasteiger partial charge in [0.1, 0.15) is 18.5 Å². The second kappa shape index (κ2) is 7.31. The Hall–Kier alpha value is -1.75. The van der Waals surface area contributed by atoms with Gasteiger partial charge in [0.2, 0.25) is 0 Å². The van der Waals surface area contributed by atoms with Crippen LogP contribution in [0.1, 0.15) is 6.92 Å². The van der Waals surface area contributed by atoms with Crippen LogP contribution in [0.15, 0.2) is 24.3 Å². The summed E-state index contributed by atoms with van der Waals surface area (Å²) in [6.45, 7) is 0.983. The minimum atomic E-state index is -4.37. The fourth-order valence-corrected chi connectivity index (χ4v) is 2.22. The lowest BCUT2D eigenvalue weighted by atomic mass is 10.3. The number of nitrogens with zero attached hydrogens (tertiary/aromatic N) is 2. The number of likely N-dealkylation sites (N-methyl/N-ethyl adjacent to an activating group) is 1. The summed E-state index contributed by atoms with van der Waals surface area (Å²) in [7, 11) is -4.37. The number of aliphatic hydroxyl groups is 1. The number of rotatable bonds is 8. The third kappa shape index (κ3) is 5.63. The molecule has 21 heavy (non-hydrogen) atoms. The van der Waals surface area contributed by atoms with E-state index >= 15 is 0 Å². The summed E-state index contributed by atoms with van der Waals surface area (Å²) in [6.07, 6.45) is -1.15. The molecule has 0 amide bonds. The molecule has 0 aromatic heterocycles. The fourth-order valence-electron chi connectivity index (χ4n) is 1.53. The van der Waals surface area contributed by atoms with Gasteiger partial charge < -0.3 is 9.84 Å². The third-order valence-corrected chi connectivity index (χ3v) is 3.64. The predicted molar refractivity (Wildman–Crippen MR) is 73.4 cm³/mol. The van der Waals surface area contributed by atoms with Crippen LogP contribution in [0.5, 0.6) is 5.75 Å². The van der Waals surface area contributed by atoms with Gasteiger partial charge in [-0.1, -0.05) is 6.92 Å². The monoisotopic (exact) mass is 320 g/mol. The molecule has 0 heterocycles. The van der Waals surface area contributed by atoms with Crippen LogP contribution in [-0.4, -0.2) is 53.1 Å². The molecule has 0 aliphatic rings. The van der Waals surface area contributed by atoms with Crippen LogP contribution in [0.2, 0.25) is 0 Å². The summed E-state index contributed by atoms with van der Waals surface area (Å²) in [6, 6.07) is 5.23. The number of aliphatic hydroxyl groups excluding tert-OH is 1. The van der Waals surface area contributed by atoms with Gasteiger partial charge in [-0.25, -0.2) is 0 Å². The number of non-ortho nitro benzene ring substituents is 1. The molecule has 0 radical (unpaired) electrons. The minimum absolute atomic E-state index is 0.00737. The molecule has 1 atom stereocenters. The van der Waals surface area contributed by atoms with Crippen molar-refractivity contribution in [3.8, 4) is 5.75 Å². The van der Waals surface area contributed by atoms with Crippen molar-refractivity contribution in [3.63, 3.8) is 0 Å². The van der Waals surface area contributed by atoms with Crippen LogP contribution in [-0.2, 0) is 10.3 Å². The average molecular weight is 320 g/mol. The zero-order valence-electron chi connectivity index (χ0n) is 11.2. The number of hydrogen-bond acceptors (Lipinski definition) is 6. The molecule has 0 aliphatic heterocycles. The lowest BCUT2D eigenvalue weighted by molar-refractivity contribution is -0.384. The Morgan fingerprint density at radius 2 is 1.95 bits per heavy atom. The summed E-state index contributed by atoms with van der Waals surface area (Å²) < 4.78 is 36.6. The topological polar surface area (TPSA) is 130 Å². The van der Waals surface area contributed by atoms with Crippen molar-refractivity contribution in [2.45, 2.75) is 13.0 Å². The first-order valence-corrected chi connectivity index (χ1v) is 7.41. The predicted octanol–water partition coefficient (Wildman–Crippen LogP) is 0.459. The Labute approximate surface area is 121 Å². The van der Waals surface area contributed by atoms with Gasteiger partial charge in [0.05, 0.1) is 4.92 Å². The van der Waals surface area contributed by atoms with Crippen molar-refractivity contribution in [1.82, 2.24) is 4.31 Å². The summed E-state index contributed by atoms with van der Waals surface area (Å²) in [5.41, 5.74) is -0.0913. The molecule has 9 nitrogen and oxygen atoms in total. The van der Waals surface area contributed by atoms with E-state index < -0.39 is 21.3 Å². The maximum absolute atomic E-state index is 10.9. The minimum Gasteiger partial charge on any atom is -0.491 e. The second-order valence-electron chi connectivity index (χ2n) is 4.14. The highest BCUT2D eigenvalue weighted by atomic mass is 32.2. The highest BCUT2D eigenvalue weighted by Gasteiger charge is 2.20. The quantitative estimate of drug-likeness (QED) is 0.404. The molecule has 0 spiro atoms. The van der Waals surface area contributed by atoms with Crippen molar-refractivity contribution >= 4 is 16.0 Å². The maximum atomic E-state index is 10.9. The number of nitro benzene ring substituents is 1. The summed E-state index contributed by atoms with van der Waals surface area (Å²) >= 11 is 0. The Kier molecular flexibility index (Phi) is 6.03. The number of nitro groups is 1. The smallest absolute Gasteiger partial charge is 0.335 e. The van der Waals surface area contributed by atoms with E-state index in [1.807, 2.05) is 0 Å². The molecule has 1 rings (SSSR count). The van der Waals surface area contributed by atoms with Crippen molar-refractivity contribution in [2.24, 2.45) is 0 Å². The third-order valence-electron chi connectivity index (χ3n) is 2.58. The molecular weight excluding hydrogens is 304 g/mol. The number of ether oxygens (including phenoxy) is 1. The van der Waals surface area contributed by atoms with Crippen LogP contribution in [0.3, 0.4) is 0 Å². The van der Waals surface area contributed by atoms with Gasteiger partial charge >= 0.3 is 10.3 Å². The molecule has 118 valence electrons. The van der Waals surface area contributed by atoms with E-state index in [4.69, 9.17) is 9.29 Å². The molecule has 1 unspecified atom stereocenters. The molecule has 0 bridgehead atoms. The van der Waals surface area contributed by atoms with Crippen LogP contribution < -0.4 is 4.74 Å². The first kappa shape index (κ1) is 17.3. The van der Waals surface area contributed by atoms with Crippen LogP contribution in [0, 0.1) is 10.1 Å². The Morgan fingerprint density at radius 1 is 1.38 bits per heavy atom. The largest absolute Gasteiger partial charge is 0.491 e. The van der Waals surface area contributed by atoms with E-state index in [0.717, 1.165) is 0 Å². The summed E-state index contributed by atoms with van der Waals surface area (Å²) in [5.74, 6) is 0.301. The zero-order valence-corrected chi connectivity index (χ0v) is 12.1. The van der Waals surface area contributed by atoms with Crippen molar-refractivity contribution < 1.29 is 27.7 Å². The normalized spacial score (nSPS) is 13.1. The van der Waals surface area contributed by atoms with Gasteiger partial charge in [0.15, 0.2) is 0 Å². The van der Waals surface area contributed by atoms with Gasteiger partial charge in [-0.3, -0.25) is 14.7 Å². The van der Waals surface area contributed by atoms with E-state index in [0.29, 0.717) is 10.1 Å². The van der Waals surface area contributed by atoms with Crippen LogP contribution >= 0.6 is 0 Å². The van der Waals surface area contributed by atoms with Gasteiger partial charge in [0.25, 0.3) is 5.69 Å². The lowest BCUT2D eigenvalue weighted by Crippen LogP contribution is -2.39. The lowest BCUT2D eigenvalue weighted by Gasteiger charge is -2.20. The average Bonchev–Trinajstić information content (AvgIpc) is 2.41. The zero-order chi connectivity index (χ0) is 16.0. The van der Waals surface area contributed by atoms with E-state index in [1.165, 1.54) is 31.2 Å². The van der Waals surface area contributed by atoms with Crippen molar-refractivity contribution in [2.75, 3.05) is 19.7 Å². The Bertz CT molecular complexity index is 573. The molecule has 10 heteroatoms. The van der Waals surface area contributed by atoms with Gasteiger partial charge in [0, 0.05) is 25.2 Å². The molecule has 2 N–H and O–H groups in total. The molecule has 1 aromatic carbocycles. The van der Waals surface area contributed by atoms with Gasteiger partial charge in [-0.05, 0) is 12.1 Å². The maximum Gasteiger partial charge on any atom is 0.335 e. The highest BCUT2D eigenvalue weighted by Crippen LogP contribution is 2.17. The van der Waals surface area contributed by atoms with E-state index in [-0.39, 0.29) is 25.4 Å². The first-order valence-electron chi connectivity index (χ1n) is 6.02. The summed E-state index contributed by atoms with van der Waals surface area (Å²) in [4.78, 5) is 9.91. The first-order chi connectivity index (χ1) is 9.74. The second-order valence-corrected chi connectivity index (χ2v) is 5.56. The van der Waals surface area contributed by atoms with Gasteiger partial charge in [-0.2, -0.15) is 12.7 Å². The molecule has 0 saturated heterocycles. The number of benzene rings is 1. The van der Waals surface area contributed by atoms with E-state index in [2.05, 4.69) is 0 Å². The standard InChI is InChI=1S/C11H16N2O7S/c1-2-12(21(17,18)19)7-10(14)8-20-11-5-3-9(4-6-11)13(15)16/h3-6,10,14H,2,7-8H2,1H3,(H,17,18,19). The highest BCUT2D eigenvalue weighted by molar-refractivity contribution is 7.83. The molecule has 0 aliphatic carbocycles. The SMILES string of the molecule is CCN(CC(O)COc1ccc([N+](=O)[O-])cc1)S(=O)(=O)O. The van der Waals surface area contributed by atoms with Crippen molar-refractivity contribution in [1.29, 1.82) is 0 Å². The molecule has 1 aromatic rings.